The molecule has 2 aliphatic rings. The number of anilines is 1. The van der Waals surface area contributed by atoms with Crippen molar-refractivity contribution in [3.63, 3.8) is 0 Å². The van der Waals surface area contributed by atoms with Gasteiger partial charge >= 0.3 is 0 Å². The van der Waals surface area contributed by atoms with Crippen LogP contribution in [-0.4, -0.2) is 11.7 Å². The number of fused-ring (bicyclic) bond motifs is 2. The summed E-state index contributed by atoms with van der Waals surface area (Å²) in [4.78, 5) is 27.7. The van der Waals surface area contributed by atoms with Crippen LogP contribution in [0.1, 0.15) is 37.7 Å². The molecule has 2 bridgehead atoms. The molecule has 2 fully saturated rings. The number of nitrogens with zero attached hydrogens (tertiary/aromatic N) is 1. The number of benzene rings is 2. The number of Topliss-reactive ketones (excluding diaryl/α,β-unsaturated/α-hetero) is 1. The van der Waals surface area contributed by atoms with Crippen molar-refractivity contribution in [2.24, 2.45) is 17.8 Å². The van der Waals surface area contributed by atoms with Gasteiger partial charge in [0.15, 0.2) is 0 Å². The third-order valence-corrected chi connectivity index (χ3v) is 5.91. The lowest BCUT2D eigenvalue weighted by molar-refractivity contribution is -0.136. The van der Waals surface area contributed by atoms with Crippen LogP contribution in [0.4, 0.5) is 5.69 Å². The molecule has 2 saturated carbocycles. The average molecular weight is 347 g/mol. The lowest BCUT2D eigenvalue weighted by atomic mass is 9.67. The largest absolute Gasteiger partial charge is 0.308 e. The minimum absolute atomic E-state index is 0.0353. The molecule has 0 aliphatic heterocycles. The van der Waals surface area contributed by atoms with Gasteiger partial charge in [0.05, 0.1) is 6.54 Å². The zero-order chi connectivity index (χ0) is 17.9. The summed E-state index contributed by atoms with van der Waals surface area (Å²) in [6.45, 7) is 0.573. The molecule has 3 heteroatoms. The van der Waals surface area contributed by atoms with E-state index in [2.05, 4.69) is 12.1 Å². The summed E-state index contributed by atoms with van der Waals surface area (Å²) < 4.78 is 0. The summed E-state index contributed by atoms with van der Waals surface area (Å²) in [5.41, 5.74) is 2.06. The maximum Gasteiger partial charge on any atom is 0.230 e. The minimum Gasteiger partial charge on any atom is -0.308 e. The lowest BCUT2D eigenvalue weighted by Crippen LogP contribution is -2.44. The molecule has 0 N–H and O–H groups in total. The molecule has 0 spiro atoms. The van der Waals surface area contributed by atoms with Crippen LogP contribution in [0.15, 0.2) is 60.7 Å². The average Bonchev–Trinajstić information content (AvgIpc) is 2.67. The molecule has 2 aromatic rings. The van der Waals surface area contributed by atoms with Crippen LogP contribution in [0.5, 0.6) is 0 Å². The zero-order valence-corrected chi connectivity index (χ0v) is 15.0. The van der Waals surface area contributed by atoms with E-state index in [1.807, 2.05) is 53.4 Å². The highest BCUT2D eigenvalue weighted by molar-refractivity contribution is 5.97. The second kappa shape index (κ2) is 7.45. The molecule has 0 heterocycles. The van der Waals surface area contributed by atoms with E-state index in [1.165, 1.54) is 0 Å². The first-order valence-electron chi connectivity index (χ1n) is 9.66. The lowest BCUT2D eigenvalue weighted by Gasteiger charge is -2.39. The SMILES string of the molecule is O=C1C2CCCC1CC(C(=O)N(Cc1ccccc1)c1ccccc1)C2. The smallest absolute Gasteiger partial charge is 0.230 e. The molecule has 0 radical (unpaired) electrons. The minimum atomic E-state index is -0.0353. The number of hydrogen-bond donors (Lipinski definition) is 0. The highest BCUT2D eigenvalue weighted by Crippen LogP contribution is 2.41. The molecule has 2 unspecified atom stereocenters. The molecule has 0 aromatic heterocycles. The monoisotopic (exact) mass is 347 g/mol. The van der Waals surface area contributed by atoms with Gasteiger partial charge in [-0.15, -0.1) is 0 Å². The van der Waals surface area contributed by atoms with Crippen molar-refractivity contribution < 1.29 is 9.59 Å². The van der Waals surface area contributed by atoms with E-state index in [-0.39, 0.29) is 23.7 Å². The predicted molar refractivity (Wildman–Crippen MR) is 103 cm³/mol. The molecule has 3 nitrogen and oxygen atoms in total. The fourth-order valence-corrected chi connectivity index (χ4v) is 4.57. The number of ketones is 1. The normalized spacial score (nSPS) is 24.9. The predicted octanol–water partition coefficient (Wildman–Crippen LogP) is 4.62. The Hall–Kier alpha value is -2.42. The van der Waals surface area contributed by atoms with Crippen molar-refractivity contribution in [3.05, 3.63) is 66.2 Å². The van der Waals surface area contributed by atoms with Crippen molar-refractivity contribution in [3.8, 4) is 0 Å². The van der Waals surface area contributed by atoms with Gasteiger partial charge in [0.25, 0.3) is 0 Å². The quantitative estimate of drug-likeness (QED) is 0.809. The van der Waals surface area contributed by atoms with E-state index in [0.717, 1.165) is 43.4 Å². The van der Waals surface area contributed by atoms with E-state index >= 15 is 0 Å². The maximum atomic E-state index is 13.5. The zero-order valence-electron chi connectivity index (χ0n) is 15.0. The van der Waals surface area contributed by atoms with Crippen LogP contribution < -0.4 is 4.90 Å². The van der Waals surface area contributed by atoms with Gasteiger partial charge in [-0.3, -0.25) is 9.59 Å². The van der Waals surface area contributed by atoms with Crippen molar-refractivity contribution in [2.75, 3.05) is 4.90 Å². The first kappa shape index (κ1) is 17.0. The van der Waals surface area contributed by atoms with Crippen LogP contribution in [0.2, 0.25) is 0 Å². The van der Waals surface area contributed by atoms with E-state index in [0.29, 0.717) is 12.3 Å². The fraction of sp³-hybridized carbons (Fsp3) is 0.391. The van der Waals surface area contributed by atoms with Crippen LogP contribution in [0, 0.1) is 17.8 Å². The molecule has 2 atom stereocenters. The topological polar surface area (TPSA) is 37.4 Å². The molecule has 2 aromatic carbocycles. The summed E-state index contributed by atoms with van der Waals surface area (Å²) in [5, 5.41) is 0. The number of rotatable bonds is 4. The summed E-state index contributed by atoms with van der Waals surface area (Å²) in [6, 6.07) is 20.0. The molecule has 1 amide bonds. The second-order valence-corrected chi connectivity index (χ2v) is 7.64. The Bertz CT molecular complexity index is 755. The molecule has 0 saturated heterocycles. The van der Waals surface area contributed by atoms with Crippen molar-refractivity contribution >= 4 is 17.4 Å². The number of carbonyl (C=O) groups excluding carboxylic acids is 2. The Balaban J connectivity index is 1.59. The van der Waals surface area contributed by atoms with Gasteiger partial charge in [-0.1, -0.05) is 55.0 Å². The number of amides is 1. The van der Waals surface area contributed by atoms with Gasteiger partial charge < -0.3 is 4.90 Å². The van der Waals surface area contributed by atoms with Gasteiger partial charge in [-0.05, 0) is 43.4 Å². The van der Waals surface area contributed by atoms with Crippen molar-refractivity contribution in [2.45, 2.75) is 38.6 Å². The first-order valence-corrected chi connectivity index (χ1v) is 9.66. The first-order chi connectivity index (χ1) is 12.7. The van der Waals surface area contributed by atoms with Crippen LogP contribution in [-0.2, 0) is 16.1 Å². The maximum absolute atomic E-state index is 13.5. The molecule has 4 rings (SSSR count). The summed E-state index contributed by atoms with van der Waals surface area (Å²) in [6.07, 6.45) is 4.51. The Kier molecular flexibility index (Phi) is 4.87. The van der Waals surface area contributed by atoms with Gasteiger partial charge in [-0.2, -0.15) is 0 Å². The van der Waals surface area contributed by atoms with Crippen LogP contribution in [0.25, 0.3) is 0 Å². The Morgan fingerprint density at radius 3 is 2.08 bits per heavy atom. The van der Waals surface area contributed by atoms with Crippen molar-refractivity contribution in [1.82, 2.24) is 0 Å². The van der Waals surface area contributed by atoms with E-state index < -0.39 is 0 Å². The number of hydrogen-bond acceptors (Lipinski definition) is 2. The third-order valence-electron chi connectivity index (χ3n) is 5.91. The molecular formula is C23H25NO2. The van der Waals surface area contributed by atoms with E-state index in [1.54, 1.807) is 0 Å². The second-order valence-electron chi connectivity index (χ2n) is 7.64. The van der Waals surface area contributed by atoms with Gasteiger partial charge in [0.2, 0.25) is 5.91 Å². The molecule has 134 valence electrons. The van der Waals surface area contributed by atoms with E-state index in [9.17, 15) is 9.59 Å². The molecule has 2 aliphatic carbocycles. The Labute approximate surface area is 155 Å². The van der Waals surface area contributed by atoms with Crippen LogP contribution in [0.3, 0.4) is 0 Å². The Morgan fingerprint density at radius 2 is 1.46 bits per heavy atom. The van der Waals surface area contributed by atoms with Gasteiger partial charge in [0, 0.05) is 23.4 Å². The van der Waals surface area contributed by atoms with E-state index in [4.69, 9.17) is 0 Å². The summed E-state index contributed by atoms with van der Waals surface area (Å²) >= 11 is 0. The standard InChI is InChI=1S/C23H25NO2/c25-22-18-10-7-11-19(22)15-20(14-18)23(26)24(21-12-5-2-6-13-21)16-17-8-3-1-4-9-17/h1-6,8-9,12-13,18-20H,7,10-11,14-16H2. The van der Waals surface area contributed by atoms with Crippen molar-refractivity contribution in [1.29, 1.82) is 0 Å². The highest BCUT2D eigenvalue weighted by Gasteiger charge is 2.42. The Morgan fingerprint density at radius 1 is 0.885 bits per heavy atom. The molecule has 26 heavy (non-hydrogen) atoms. The number of carbonyl (C=O) groups is 2. The highest BCUT2D eigenvalue weighted by atomic mass is 16.2. The fourth-order valence-electron chi connectivity index (χ4n) is 4.57. The third kappa shape index (κ3) is 3.44. The summed E-state index contributed by atoms with van der Waals surface area (Å²) in [5.74, 6) is 0.752. The number of para-hydroxylation sites is 1. The summed E-state index contributed by atoms with van der Waals surface area (Å²) in [7, 11) is 0. The van der Waals surface area contributed by atoms with Crippen LogP contribution >= 0.6 is 0 Å². The van der Waals surface area contributed by atoms with Gasteiger partial charge in [0.1, 0.15) is 5.78 Å². The molecular weight excluding hydrogens is 322 g/mol. The van der Waals surface area contributed by atoms with Gasteiger partial charge in [-0.25, -0.2) is 0 Å².